The van der Waals surface area contributed by atoms with Crippen LogP contribution < -0.4 is 4.74 Å². The van der Waals surface area contributed by atoms with Crippen LogP contribution in [-0.4, -0.2) is 43.8 Å². The van der Waals surface area contributed by atoms with Crippen molar-refractivity contribution >= 4 is 17.6 Å². The Labute approximate surface area is 280 Å². The minimum absolute atomic E-state index is 0.0560. The molecule has 1 amide bonds. The van der Waals surface area contributed by atoms with E-state index in [9.17, 15) is 35.9 Å². The highest BCUT2D eigenvalue weighted by atomic mass is 19.4. The third kappa shape index (κ3) is 7.43. The minimum Gasteiger partial charge on any atom is -0.496 e. The third-order valence-corrected chi connectivity index (χ3v) is 9.35. The Bertz CT molecular complexity index is 1780. The second-order valence-corrected chi connectivity index (χ2v) is 13.4. The van der Waals surface area contributed by atoms with Crippen LogP contribution >= 0.6 is 0 Å². The van der Waals surface area contributed by atoms with Crippen LogP contribution in [0, 0.1) is 12.3 Å². The lowest BCUT2D eigenvalue weighted by Gasteiger charge is -2.36. The molecule has 49 heavy (non-hydrogen) atoms. The Morgan fingerprint density at radius 1 is 0.939 bits per heavy atom. The first-order valence-corrected chi connectivity index (χ1v) is 15.7. The van der Waals surface area contributed by atoms with Gasteiger partial charge in [0.2, 0.25) is 0 Å². The van der Waals surface area contributed by atoms with Gasteiger partial charge < -0.3 is 14.2 Å². The zero-order valence-corrected chi connectivity index (χ0v) is 27.9. The highest BCUT2D eigenvalue weighted by molar-refractivity contribution is 5.91. The molecule has 3 aromatic carbocycles. The number of hydrogen-bond donors (Lipinski definition) is 0. The topological polar surface area (TPSA) is 65.1 Å². The van der Waals surface area contributed by atoms with E-state index in [4.69, 9.17) is 14.2 Å². The van der Waals surface area contributed by atoms with Gasteiger partial charge in [0.1, 0.15) is 11.9 Å². The molecule has 2 atom stereocenters. The number of allylic oxidation sites excluding steroid dienone is 1. The van der Waals surface area contributed by atoms with E-state index in [0.29, 0.717) is 36.3 Å². The fraction of sp³-hybridized carbons (Fsp3) is 0.405. The standard InChI is InChI=1S/C37H37F6NO5/c1-20-13-23(33(45)48-6)7-9-28(20)22-8-10-31(47-5)30(16-22)29-11-12-35(3,4)18-25(29)19-44-21(2)32(49-34(44)46)24-14-26(36(38,39)40)17-27(15-24)37(41,42)43/h7-10,13-17,21,32H,11-12,18-19H2,1-6H3/t21-,32+/m0/s1. The molecule has 2 aliphatic rings. The Balaban J connectivity index is 1.54. The number of rotatable bonds is 7. The van der Waals surface area contributed by atoms with Crippen molar-refractivity contribution in [2.45, 2.75) is 71.5 Å². The van der Waals surface area contributed by atoms with Crippen molar-refractivity contribution in [1.82, 2.24) is 4.90 Å². The molecule has 1 fully saturated rings. The minimum atomic E-state index is -5.04. The van der Waals surface area contributed by atoms with Gasteiger partial charge in [-0.3, -0.25) is 4.90 Å². The first-order valence-electron chi connectivity index (χ1n) is 15.7. The number of methoxy groups -OCH3 is 2. The maximum Gasteiger partial charge on any atom is 0.416 e. The van der Waals surface area contributed by atoms with Crippen molar-refractivity contribution < 1.29 is 50.1 Å². The average molecular weight is 690 g/mol. The molecule has 0 aromatic heterocycles. The molecule has 0 bridgehead atoms. The molecule has 12 heteroatoms. The van der Waals surface area contributed by atoms with Crippen LogP contribution in [0.5, 0.6) is 5.75 Å². The predicted molar refractivity (Wildman–Crippen MR) is 171 cm³/mol. The molecule has 1 aliphatic carbocycles. The lowest BCUT2D eigenvalue weighted by molar-refractivity contribution is -0.143. The molecule has 1 heterocycles. The Morgan fingerprint density at radius 3 is 2.16 bits per heavy atom. The van der Waals surface area contributed by atoms with Gasteiger partial charge in [-0.1, -0.05) is 26.0 Å². The monoisotopic (exact) mass is 689 g/mol. The summed E-state index contributed by atoms with van der Waals surface area (Å²) in [6.07, 6.45) is -10.2. The van der Waals surface area contributed by atoms with E-state index in [1.807, 2.05) is 31.2 Å². The summed E-state index contributed by atoms with van der Waals surface area (Å²) in [6.45, 7) is 7.69. The number of nitrogens with zero attached hydrogens (tertiary/aromatic N) is 1. The first kappa shape index (κ1) is 35.8. The van der Waals surface area contributed by atoms with Crippen LogP contribution in [0.2, 0.25) is 0 Å². The highest BCUT2D eigenvalue weighted by Gasteiger charge is 2.44. The zero-order chi connectivity index (χ0) is 36.1. The number of aryl methyl sites for hydroxylation is 1. The van der Waals surface area contributed by atoms with Crippen molar-refractivity contribution in [3.63, 3.8) is 0 Å². The van der Waals surface area contributed by atoms with Crippen LogP contribution in [0.3, 0.4) is 0 Å². The summed E-state index contributed by atoms with van der Waals surface area (Å²) in [5.74, 6) is 0.147. The van der Waals surface area contributed by atoms with Crippen molar-refractivity contribution in [3.8, 4) is 16.9 Å². The van der Waals surface area contributed by atoms with Crippen molar-refractivity contribution in [1.29, 1.82) is 0 Å². The van der Waals surface area contributed by atoms with Crippen LogP contribution in [0.1, 0.15) is 84.3 Å². The van der Waals surface area contributed by atoms with E-state index in [2.05, 4.69) is 13.8 Å². The number of hydrogen-bond acceptors (Lipinski definition) is 5. The van der Waals surface area contributed by atoms with Gasteiger partial charge in [-0.15, -0.1) is 0 Å². The van der Waals surface area contributed by atoms with E-state index >= 15 is 0 Å². The van der Waals surface area contributed by atoms with E-state index in [-0.39, 0.29) is 23.6 Å². The molecule has 6 nitrogen and oxygen atoms in total. The lowest BCUT2D eigenvalue weighted by atomic mass is 9.72. The Kier molecular flexibility index (Phi) is 9.57. The van der Waals surface area contributed by atoms with Crippen LogP contribution in [0.15, 0.2) is 60.2 Å². The van der Waals surface area contributed by atoms with Gasteiger partial charge in [0.15, 0.2) is 0 Å². The lowest BCUT2D eigenvalue weighted by Crippen LogP contribution is -2.35. The second kappa shape index (κ2) is 13.1. The summed E-state index contributed by atoms with van der Waals surface area (Å²) in [6, 6.07) is 11.4. The molecule has 0 N–H and O–H groups in total. The molecule has 3 aromatic rings. The van der Waals surface area contributed by atoms with Gasteiger partial charge in [0.05, 0.1) is 37.0 Å². The molecule has 1 aliphatic heterocycles. The van der Waals surface area contributed by atoms with Gasteiger partial charge in [-0.2, -0.15) is 26.3 Å². The van der Waals surface area contributed by atoms with Gasteiger partial charge in [0, 0.05) is 12.1 Å². The molecule has 5 rings (SSSR count). The van der Waals surface area contributed by atoms with E-state index in [1.54, 1.807) is 26.2 Å². The molecule has 1 saturated heterocycles. The number of ether oxygens (including phenoxy) is 3. The summed E-state index contributed by atoms with van der Waals surface area (Å²) in [7, 11) is 2.87. The van der Waals surface area contributed by atoms with E-state index in [0.717, 1.165) is 39.8 Å². The number of amides is 1. The summed E-state index contributed by atoms with van der Waals surface area (Å²) in [5, 5.41) is 0. The van der Waals surface area contributed by atoms with Crippen molar-refractivity contribution in [2.24, 2.45) is 5.41 Å². The Hall–Kier alpha value is -4.48. The summed E-state index contributed by atoms with van der Waals surface area (Å²) in [4.78, 5) is 26.7. The van der Waals surface area contributed by atoms with E-state index in [1.165, 1.54) is 12.0 Å². The van der Waals surface area contributed by atoms with E-state index < -0.39 is 47.7 Å². The maximum atomic E-state index is 13.6. The van der Waals surface area contributed by atoms with Crippen LogP contribution in [0.25, 0.3) is 16.7 Å². The molecule has 0 radical (unpaired) electrons. The fourth-order valence-corrected chi connectivity index (χ4v) is 6.74. The third-order valence-electron chi connectivity index (χ3n) is 9.35. The van der Waals surface area contributed by atoms with Crippen molar-refractivity contribution in [3.05, 3.63) is 93.6 Å². The smallest absolute Gasteiger partial charge is 0.416 e. The van der Waals surface area contributed by atoms with Gasteiger partial charge in [0.25, 0.3) is 0 Å². The molecule has 0 spiro atoms. The molecule has 262 valence electrons. The number of carbonyl (C=O) groups excluding carboxylic acids is 2. The number of benzene rings is 3. The summed E-state index contributed by atoms with van der Waals surface area (Å²) < 4.78 is 97.8. The van der Waals surface area contributed by atoms with Gasteiger partial charge in [-0.05, 0) is 114 Å². The molecule has 0 saturated carbocycles. The number of cyclic esters (lactones) is 1. The first-order chi connectivity index (χ1) is 22.8. The number of esters is 1. The summed E-state index contributed by atoms with van der Waals surface area (Å²) >= 11 is 0. The van der Waals surface area contributed by atoms with Gasteiger partial charge >= 0.3 is 24.4 Å². The normalized spacial score (nSPS) is 19.6. The fourth-order valence-electron chi connectivity index (χ4n) is 6.74. The predicted octanol–water partition coefficient (Wildman–Crippen LogP) is 10.0. The van der Waals surface area contributed by atoms with Crippen molar-refractivity contribution in [2.75, 3.05) is 20.8 Å². The zero-order valence-electron chi connectivity index (χ0n) is 27.9. The highest BCUT2D eigenvalue weighted by Crippen LogP contribution is 2.47. The van der Waals surface area contributed by atoms with Crippen LogP contribution in [-0.2, 0) is 21.8 Å². The second-order valence-electron chi connectivity index (χ2n) is 13.4. The number of alkyl halides is 6. The van der Waals surface area contributed by atoms with Crippen LogP contribution in [0.4, 0.5) is 31.1 Å². The SMILES string of the molecule is COC(=O)c1ccc(-c2ccc(OC)c(C3=C(CN4C(=O)O[C@@H](c5cc(C(F)(F)F)cc(C(F)(F)F)c5)[C@@H]4C)CC(C)(C)CC3)c2)c(C)c1. The quantitative estimate of drug-likeness (QED) is 0.183. The molecular weight excluding hydrogens is 652 g/mol. The Morgan fingerprint density at radius 2 is 1.59 bits per heavy atom. The molecule has 0 unspecified atom stereocenters. The summed E-state index contributed by atoms with van der Waals surface area (Å²) in [5.41, 5.74) is 2.15. The van der Waals surface area contributed by atoms with Gasteiger partial charge in [-0.25, -0.2) is 9.59 Å². The number of carbonyl (C=O) groups is 2. The molecular formula is C37H37F6NO5. The average Bonchev–Trinajstić information content (AvgIpc) is 3.31. The number of halogens is 6. The maximum absolute atomic E-state index is 13.6. The largest absolute Gasteiger partial charge is 0.496 e.